The molecule has 0 aromatic heterocycles. The van der Waals surface area contributed by atoms with Crippen molar-refractivity contribution in [2.24, 2.45) is 5.41 Å². The van der Waals surface area contributed by atoms with Gasteiger partial charge in [0.05, 0.1) is 0 Å². The molecule has 0 aromatic carbocycles. The van der Waals surface area contributed by atoms with E-state index < -0.39 is 0 Å². The first kappa shape index (κ1) is 12.4. The lowest BCUT2D eigenvalue weighted by Gasteiger charge is -2.36. The van der Waals surface area contributed by atoms with E-state index in [1.165, 1.54) is 18.6 Å². The van der Waals surface area contributed by atoms with Crippen LogP contribution in [0.5, 0.6) is 0 Å². The molecule has 2 heteroatoms. The molecule has 0 radical (unpaired) electrons. The molecule has 1 rings (SSSR count). The average Bonchev–Trinajstić information content (AvgIpc) is 2.07. The molecule has 1 aliphatic heterocycles. The largest absolute Gasteiger partial charge is 0.310 e. The predicted molar refractivity (Wildman–Crippen MR) is 67.0 cm³/mol. The quantitative estimate of drug-likeness (QED) is 0.758. The van der Waals surface area contributed by atoms with E-state index in [4.69, 9.17) is 0 Å². The zero-order valence-corrected chi connectivity index (χ0v) is 11.1. The highest BCUT2D eigenvalue weighted by Crippen LogP contribution is 2.27. The van der Waals surface area contributed by atoms with E-state index in [0.29, 0.717) is 11.5 Å². The van der Waals surface area contributed by atoms with Gasteiger partial charge in [-0.15, -0.1) is 0 Å². The molecule has 1 aliphatic rings. The summed E-state index contributed by atoms with van der Waals surface area (Å²) < 4.78 is 0. The van der Waals surface area contributed by atoms with Gasteiger partial charge < -0.3 is 5.32 Å². The zero-order chi connectivity index (χ0) is 10.8. The van der Waals surface area contributed by atoms with Gasteiger partial charge in [0, 0.05) is 17.3 Å². The first-order chi connectivity index (χ1) is 6.41. The van der Waals surface area contributed by atoms with E-state index in [1.807, 2.05) is 0 Å². The van der Waals surface area contributed by atoms with Gasteiger partial charge in [0.15, 0.2) is 0 Å². The van der Waals surface area contributed by atoms with Crippen molar-refractivity contribution < 1.29 is 0 Å². The van der Waals surface area contributed by atoms with Crippen molar-refractivity contribution in [3.63, 3.8) is 0 Å². The van der Waals surface area contributed by atoms with Gasteiger partial charge in [-0.3, -0.25) is 0 Å². The molecule has 3 atom stereocenters. The molecule has 0 aromatic rings. The Hall–Kier alpha value is 0.310. The monoisotopic (exact) mass is 215 g/mol. The number of nitrogens with one attached hydrogen (secondary N) is 1. The Morgan fingerprint density at radius 2 is 2.00 bits per heavy atom. The molecule has 84 valence electrons. The molecule has 14 heavy (non-hydrogen) atoms. The van der Waals surface area contributed by atoms with Gasteiger partial charge in [0.2, 0.25) is 0 Å². The van der Waals surface area contributed by atoms with Crippen LogP contribution < -0.4 is 5.32 Å². The summed E-state index contributed by atoms with van der Waals surface area (Å²) in [5, 5.41) is 4.57. The minimum atomic E-state index is 0.377. The molecule has 0 aliphatic carbocycles. The minimum Gasteiger partial charge on any atom is -0.310 e. The van der Waals surface area contributed by atoms with Crippen LogP contribution in [0.2, 0.25) is 0 Å². The van der Waals surface area contributed by atoms with Crippen molar-refractivity contribution >= 4 is 11.8 Å². The van der Waals surface area contributed by atoms with Crippen LogP contribution in [0.1, 0.15) is 47.5 Å². The summed E-state index contributed by atoms with van der Waals surface area (Å²) in [5.41, 5.74) is 0.377. The summed E-state index contributed by atoms with van der Waals surface area (Å²) in [6, 6.07) is 1.33. The Balaban J connectivity index is 2.42. The Labute approximate surface area is 93.4 Å². The second-order valence-electron chi connectivity index (χ2n) is 5.58. The van der Waals surface area contributed by atoms with Gasteiger partial charge in [-0.05, 0) is 30.9 Å². The van der Waals surface area contributed by atoms with Crippen LogP contribution in [-0.4, -0.2) is 23.1 Å². The minimum absolute atomic E-state index is 0.377. The maximum atomic E-state index is 3.79. The second kappa shape index (κ2) is 4.89. The Bertz CT molecular complexity index is 174. The molecule has 3 unspecified atom stereocenters. The third-order valence-corrected chi connectivity index (χ3v) is 4.75. The van der Waals surface area contributed by atoms with E-state index in [0.717, 1.165) is 11.3 Å². The average molecular weight is 215 g/mol. The number of rotatable bonds is 2. The van der Waals surface area contributed by atoms with Crippen molar-refractivity contribution in [1.82, 2.24) is 5.32 Å². The summed E-state index contributed by atoms with van der Waals surface area (Å²) in [6.07, 6.45) is 2.73. The molecule has 0 saturated carbocycles. The highest BCUT2D eigenvalue weighted by Gasteiger charge is 2.27. The lowest BCUT2D eigenvalue weighted by Crippen LogP contribution is -2.48. The van der Waals surface area contributed by atoms with E-state index in [1.54, 1.807) is 0 Å². The lowest BCUT2D eigenvalue weighted by molar-refractivity contribution is 0.254. The van der Waals surface area contributed by atoms with Crippen LogP contribution in [0.4, 0.5) is 0 Å². The SMILES string of the molecule is CC1SCCCC1NC(C)C(C)(C)C. The van der Waals surface area contributed by atoms with Gasteiger partial charge in [-0.25, -0.2) is 0 Å². The summed E-state index contributed by atoms with van der Waals surface area (Å²) in [4.78, 5) is 0. The van der Waals surface area contributed by atoms with E-state index in [2.05, 4.69) is 51.7 Å². The summed E-state index contributed by atoms with van der Waals surface area (Å²) in [7, 11) is 0. The van der Waals surface area contributed by atoms with E-state index in [-0.39, 0.29) is 0 Å². The van der Waals surface area contributed by atoms with Crippen LogP contribution in [0.25, 0.3) is 0 Å². The fourth-order valence-corrected chi connectivity index (χ4v) is 2.87. The van der Waals surface area contributed by atoms with Crippen LogP contribution in [0.3, 0.4) is 0 Å². The van der Waals surface area contributed by atoms with Crippen LogP contribution in [0.15, 0.2) is 0 Å². The molecule has 1 fully saturated rings. The van der Waals surface area contributed by atoms with E-state index in [9.17, 15) is 0 Å². The zero-order valence-electron chi connectivity index (χ0n) is 10.3. The van der Waals surface area contributed by atoms with Gasteiger partial charge in [0.25, 0.3) is 0 Å². The number of hydrogen-bond donors (Lipinski definition) is 1. The van der Waals surface area contributed by atoms with Gasteiger partial charge in [-0.2, -0.15) is 11.8 Å². The van der Waals surface area contributed by atoms with Crippen molar-refractivity contribution in [3.05, 3.63) is 0 Å². The van der Waals surface area contributed by atoms with Crippen LogP contribution in [-0.2, 0) is 0 Å². The molecule has 0 bridgehead atoms. The van der Waals surface area contributed by atoms with Crippen LogP contribution >= 0.6 is 11.8 Å². The van der Waals surface area contributed by atoms with Crippen molar-refractivity contribution in [2.75, 3.05) is 5.75 Å². The first-order valence-electron chi connectivity index (χ1n) is 5.79. The molecule has 1 nitrogen and oxygen atoms in total. The summed E-state index contributed by atoms with van der Waals surface area (Å²) in [6.45, 7) is 11.6. The molecule has 1 N–H and O–H groups in total. The maximum Gasteiger partial charge on any atom is 0.0186 e. The molecule has 0 amide bonds. The smallest absolute Gasteiger partial charge is 0.0186 e. The fourth-order valence-electron chi connectivity index (χ4n) is 1.71. The predicted octanol–water partition coefficient (Wildman–Crippen LogP) is 3.29. The Morgan fingerprint density at radius 3 is 2.50 bits per heavy atom. The van der Waals surface area contributed by atoms with Crippen LogP contribution in [0, 0.1) is 5.41 Å². The van der Waals surface area contributed by atoms with Gasteiger partial charge >= 0.3 is 0 Å². The third kappa shape index (κ3) is 3.47. The van der Waals surface area contributed by atoms with Crippen molar-refractivity contribution in [1.29, 1.82) is 0 Å². The van der Waals surface area contributed by atoms with E-state index >= 15 is 0 Å². The van der Waals surface area contributed by atoms with Gasteiger partial charge in [0.1, 0.15) is 0 Å². The van der Waals surface area contributed by atoms with Crippen molar-refractivity contribution in [2.45, 2.75) is 64.8 Å². The maximum absolute atomic E-state index is 3.79. The molecule has 0 spiro atoms. The molecule has 1 heterocycles. The summed E-state index contributed by atoms with van der Waals surface area (Å²) >= 11 is 2.12. The topological polar surface area (TPSA) is 12.0 Å². The lowest BCUT2D eigenvalue weighted by atomic mass is 9.87. The standard InChI is InChI=1S/C12H25NS/c1-9-11(7-6-8-14-9)13-10(2)12(3,4)5/h9-11,13H,6-8H2,1-5H3. The normalized spacial score (nSPS) is 31.5. The van der Waals surface area contributed by atoms with Gasteiger partial charge in [-0.1, -0.05) is 27.7 Å². The third-order valence-electron chi connectivity index (χ3n) is 3.37. The Kier molecular flexibility index (Phi) is 4.32. The number of hydrogen-bond acceptors (Lipinski definition) is 2. The Morgan fingerprint density at radius 1 is 1.36 bits per heavy atom. The summed E-state index contributed by atoms with van der Waals surface area (Å²) in [5.74, 6) is 1.35. The number of thioether (sulfide) groups is 1. The molecular weight excluding hydrogens is 190 g/mol. The fraction of sp³-hybridized carbons (Fsp3) is 1.00. The van der Waals surface area contributed by atoms with Crippen molar-refractivity contribution in [3.8, 4) is 0 Å². The molecular formula is C12H25NS. The second-order valence-corrected chi connectivity index (χ2v) is 7.06. The first-order valence-corrected chi connectivity index (χ1v) is 6.84. The molecule has 1 saturated heterocycles. The highest BCUT2D eigenvalue weighted by atomic mass is 32.2. The highest BCUT2D eigenvalue weighted by molar-refractivity contribution is 7.99.